The van der Waals surface area contributed by atoms with Crippen LogP contribution in [0.15, 0.2) is 97.1 Å². The van der Waals surface area contributed by atoms with Gasteiger partial charge in [-0.2, -0.15) is 40.5 Å². The minimum absolute atomic E-state index is 0. The van der Waals surface area contributed by atoms with E-state index in [0.29, 0.717) is 28.0 Å². The molecule has 0 bridgehead atoms. The highest BCUT2D eigenvalue weighted by molar-refractivity contribution is 9.09. The van der Waals surface area contributed by atoms with Crippen LogP contribution in [0.4, 0.5) is 10.1 Å². The number of rotatable bonds is 8. The Bertz CT molecular complexity index is 1930. The molecule has 0 radical (unpaired) electrons. The molecule has 2 heterocycles. The number of carbonyl (C=O) groups is 2. The van der Waals surface area contributed by atoms with E-state index in [1.54, 1.807) is 24.3 Å². The number of carbonyl (C=O) groups excluding carboxylic acids is 2. The van der Waals surface area contributed by atoms with Crippen molar-refractivity contribution in [1.29, 1.82) is 0 Å². The lowest BCUT2D eigenvalue weighted by Crippen LogP contribution is -2.52. The summed E-state index contributed by atoms with van der Waals surface area (Å²) in [6.07, 6.45) is -0.249. The van der Waals surface area contributed by atoms with E-state index >= 15 is 9.18 Å². The molecule has 5 nitrogen and oxygen atoms in total. The summed E-state index contributed by atoms with van der Waals surface area (Å²) in [6.45, 7) is 12.0. The van der Waals surface area contributed by atoms with Crippen molar-refractivity contribution in [2.24, 2.45) is 10.8 Å². The molecular formula is C45H62BrCl2FN2O3S3. The Morgan fingerprint density at radius 3 is 1.95 bits per heavy atom. The molecule has 4 aromatic rings. The summed E-state index contributed by atoms with van der Waals surface area (Å²) < 4.78 is 23.3. The standard InChI is InChI=1S/C42H44BrCl2FN2O3.3CH4.3H2S/c1-40(2,3)23-33-42(29-21-20-27(44)22-31(29)47-38(42)49)34(28-18-13-19-30(45)35(28)46)32(24-43)48(33)36(25-14-9-7-10-15-25)37(26-16-11-8-12-17-26)51-39(50)41(4,5)6;;;;;;/h7-22,32-34,36-37H,23-24H2,1-6H3,(H,47,49);3*1H4;3*1H2/t32-,33+,34-,36+,37-,42-;;;;;;/m0....../s1. The summed E-state index contributed by atoms with van der Waals surface area (Å²) in [7, 11) is 0. The van der Waals surface area contributed by atoms with Gasteiger partial charge in [0.25, 0.3) is 0 Å². The van der Waals surface area contributed by atoms with Gasteiger partial charge in [0.15, 0.2) is 0 Å². The summed E-state index contributed by atoms with van der Waals surface area (Å²) in [6, 6.07) is 28.6. The molecule has 57 heavy (non-hydrogen) atoms. The molecule has 1 N–H and O–H groups in total. The van der Waals surface area contributed by atoms with Crippen LogP contribution in [0.3, 0.4) is 0 Å². The van der Waals surface area contributed by atoms with Crippen LogP contribution in [0.1, 0.15) is 111 Å². The predicted molar refractivity (Wildman–Crippen MR) is 258 cm³/mol. The Morgan fingerprint density at radius 2 is 1.42 bits per heavy atom. The number of nitrogens with zero attached hydrogens (tertiary/aromatic N) is 1. The third-order valence-electron chi connectivity index (χ3n) is 10.2. The zero-order chi connectivity index (χ0) is 36.9. The molecule has 6 rings (SSSR count). The van der Waals surface area contributed by atoms with E-state index in [-0.39, 0.29) is 85.1 Å². The Labute approximate surface area is 380 Å². The van der Waals surface area contributed by atoms with Crippen molar-refractivity contribution in [3.63, 3.8) is 0 Å². The molecule has 0 aromatic heterocycles. The van der Waals surface area contributed by atoms with Crippen molar-refractivity contribution < 1.29 is 18.7 Å². The van der Waals surface area contributed by atoms with Crippen LogP contribution in [-0.2, 0) is 19.7 Å². The van der Waals surface area contributed by atoms with Crippen molar-refractivity contribution in [3.05, 3.63) is 135 Å². The highest BCUT2D eigenvalue weighted by Crippen LogP contribution is 2.63. The Morgan fingerprint density at radius 1 is 0.860 bits per heavy atom. The molecule has 1 fully saturated rings. The van der Waals surface area contributed by atoms with E-state index < -0.39 is 46.8 Å². The largest absolute Gasteiger partial charge is 0.455 e. The van der Waals surface area contributed by atoms with Crippen molar-refractivity contribution in [3.8, 4) is 0 Å². The second kappa shape index (κ2) is 21.4. The molecular weight excluding hydrogens is 883 g/mol. The normalized spacial score (nSPS) is 20.7. The molecule has 0 aliphatic carbocycles. The average Bonchev–Trinajstić information content (AvgIpc) is 3.51. The van der Waals surface area contributed by atoms with Crippen molar-refractivity contribution in [2.45, 2.75) is 106 Å². The monoisotopic (exact) mass is 942 g/mol. The van der Waals surface area contributed by atoms with Crippen molar-refractivity contribution in [1.82, 2.24) is 4.90 Å². The first-order valence-electron chi connectivity index (χ1n) is 17.3. The number of fused-ring (bicyclic) bond motifs is 2. The molecule has 316 valence electrons. The molecule has 0 saturated carbocycles. The highest BCUT2D eigenvalue weighted by atomic mass is 79.9. The van der Waals surface area contributed by atoms with Crippen LogP contribution in [0, 0.1) is 16.6 Å². The zero-order valence-electron chi connectivity index (χ0n) is 31.2. The minimum atomic E-state index is -1.29. The Balaban J connectivity index is 0.00000523. The molecule has 6 atom stereocenters. The summed E-state index contributed by atoms with van der Waals surface area (Å²) in [5.41, 5.74) is 1.02. The smallest absolute Gasteiger partial charge is 0.311 e. The first-order chi connectivity index (χ1) is 24.1. The first kappa shape index (κ1) is 54.8. The fraction of sp³-hybridized carbons (Fsp3) is 0.422. The number of benzene rings is 4. The van der Waals surface area contributed by atoms with Crippen LogP contribution in [0.2, 0.25) is 10.0 Å². The SMILES string of the molecule is C.C.C.CC(C)(C)C[C@H]1N([C@H](c2ccccc2)[C@@H](OC(=O)C(C)(C)C)c2ccccc2)[C@@H](CBr)[C@H](c2cccc(Cl)c2F)[C@@]12C(=O)Nc1cc(Cl)ccc12.S.S.S. The van der Waals surface area contributed by atoms with Gasteiger partial charge >= 0.3 is 5.97 Å². The average molecular weight is 945 g/mol. The van der Waals surface area contributed by atoms with Crippen LogP contribution in [-0.4, -0.2) is 34.2 Å². The Hall–Kier alpha value is -2.18. The summed E-state index contributed by atoms with van der Waals surface area (Å²) in [4.78, 5) is 31.4. The van der Waals surface area contributed by atoms with Crippen LogP contribution >= 0.6 is 79.6 Å². The van der Waals surface area contributed by atoms with Crippen LogP contribution in [0.25, 0.3) is 0 Å². The maximum atomic E-state index is 16.6. The van der Waals surface area contributed by atoms with Gasteiger partial charge in [0.05, 0.1) is 16.5 Å². The minimum Gasteiger partial charge on any atom is -0.455 e. The molecule has 0 unspecified atom stereocenters. The number of hydrogen-bond acceptors (Lipinski definition) is 4. The molecule has 1 amide bonds. The quantitative estimate of drug-likeness (QED) is 0.141. The van der Waals surface area contributed by atoms with Crippen molar-refractivity contribution in [2.75, 3.05) is 10.6 Å². The maximum Gasteiger partial charge on any atom is 0.311 e. The van der Waals surface area contributed by atoms with Gasteiger partial charge in [-0.15, -0.1) is 0 Å². The van der Waals surface area contributed by atoms with Gasteiger partial charge in [0.2, 0.25) is 5.91 Å². The zero-order valence-corrected chi connectivity index (χ0v) is 37.3. The van der Waals surface area contributed by atoms with E-state index in [9.17, 15) is 4.79 Å². The number of anilines is 1. The third kappa shape index (κ3) is 10.4. The van der Waals surface area contributed by atoms with Crippen LogP contribution < -0.4 is 5.32 Å². The second-order valence-corrected chi connectivity index (χ2v) is 17.4. The van der Waals surface area contributed by atoms with Gasteiger partial charge in [-0.1, -0.05) is 161 Å². The van der Waals surface area contributed by atoms with Gasteiger partial charge in [0, 0.05) is 34.0 Å². The molecule has 2 aliphatic heterocycles. The van der Waals surface area contributed by atoms with Crippen LogP contribution in [0.5, 0.6) is 0 Å². The number of alkyl halides is 1. The topological polar surface area (TPSA) is 58.6 Å². The number of esters is 1. The molecule has 1 saturated heterocycles. The fourth-order valence-corrected chi connectivity index (χ4v) is 9.21. The summed E-state index contributed by atoms with van der Waals surface area (Å²) in [5, 5.41) is 4.01. The first-order valence-corrected chi connectivity index (χ1v) is 19.2. The molecule has 1 spiro atoms. The van der Waals surface area contributed by atoms with Gasteiger partial charge in [-0.25, -0.2) is 4.39 Å². The van der Waals surface area contributed by atoms with E-state index in [2.05, 4.69) is 46.9 Å². The molecule has 12 heteroatoms. The highest BCUT2D eigenvalue weighted by Gasteiger charge is 2.69. The lowest BCUT2D eigenvalue weighted by atomic mass is 9.62. The van der Waals surface area contributed by atoms with Gasteiger partial charge in [0.1, 0.15) is 17.3 Å². The summed E-state index contributed by atoms with van der Waals surface area (Å²) in [5.74, 6) is -1.87. The number of amides is 1. The molecule has 4 aromatic carbocycles. The van der Waals surface area contributed by atoms with Gasteiger partial charge < -0.3 is 10.1 Å². The lowest BCUT2D eigenvalue weighted by molar-refractivity contribution is -0.164. The number of nitrogens with one attached hydrogen (secondary N) is 1. The van der Waals surface area contributed by atoms with Crippen molar-refractivity contribution >= 4 is 97.2 Å². The van der Waals surface area contributed by atoms with E-state index in [1.807, 2.05) is 87.5 Å². The number of halogens is 4. The number of hydrogen-bond donors (Lipinski definition) is 1. The number of likely N-dealkylation sites (tertiary alicyclic amines) is 1. The van der Waals surface area contributed by atoms with E-state index in [4.69, 9.17) is 27.9 Å². The lowest BCUT2D eigenvalue weighted by Gasteiger charge is -2.45. The van der Waals surface area contributed by atoms with E-state index in [0.717, 1.165) is 16.7 Å². The third-order valence-corrected chi connectivity index (χ3v) is 11.4. The van der Waals surface area contributed by atoms with Gasteiger partial charge in [-0.3, -0.25) is 14.5 Å². The molecule has 2 aliphatic rings. The number of ether oxygens (including phenoxy) is 1. The Kier molecular flexibility index (Phi) is 20.6. The predicted octanol–water partition coefficient (Wildman–Crippen LogP) is 13.3. The van der Waals surface area contributed by atoms with Gasteiger partial charge in [-0.05, 0) is 73.1 Å². The van der Waals surface area contributed by atoms with E-state index in [1.165, 1.54) is 6.07 Å². The second-order valence-electron chi connectivity index (χ2n) is 15.9. The fourth-order valence-electron chi connectivity index (χ4n) is 8.15. The maximum absolute atomic E-state index is 16.6. The summed E-state index contributed by atoms with van der Waals surface area (Å²) >= 11 is 16.9.